The first-order valence-corrected chi connectivity index (χ1v) is 16.6. The number of amides is 2. The molecule has 4 atom stereocenters. The van der Waals surface area contributed by atoms with E-state index in [1.54, 1.807) is 24.3 Å². The fraction of sp³-hybridized carbons (Fsp3) is 0.310. The third-order valence-electron chi connectivity index (χ3n) is 8.02. The number of benzene rings is 2. The van der Waals surface area contributed by atoms with E-state index in [0.29, 0.717) is 24.2 Å². The molecule has 16 heteroatoms. The maximum atomic E-state index is 13.8. The van der Waals surface area contributed by atoms with Gasteiger partial charge in [-0.2, -0.15) is 4.31 Å². The third kappa shape index (κ3) is 7.07. The molecule has 1 aromatic heterocycles. The zero-order valence-electron chi connectivity index (χ0n) is 23.6. The number of hydrogen-bond acceptors (Lipinski definition) is 7. The Labute approximate surface area is 279 Å². The molecule has 45 heavy (non-hydrogen) atoms. The van der Waals surface area contributed by atoms with Crippen LogP contribution in [0.4, 0.5) is 5.69 Å². The molecule has 2 aromatic carbocycles. The van der Waals surface area contributed by atoms with E-state index in [0.717, 1.165) is 4.31 Å². The molecule has 0 bridgehead atoms. The number of halogens is 4. The number of likely N-dealkylation sites (N-methyl/N-ethyl adjacent to an activating group) is 1. The summed E-state index contributed by atoms with van der Waals surface area (Å²) >= 11 is 24.3. The average Bonchev–Trinajstić information content (AvgIpc) is 3.53. The Morgan fingerprint density at radius 1 is 1.02 bits per heavy atom. The number of carbonyl (C=O) groups excluding carboxylic acids is 2. The van der Waals surface area contributed by atoms with Gasteiger partial charge < -0.3 is 20.6 Å². The lowest BCUT2D eigenvalue weighted by Gasteiger charge is -2.27. The molecular weight excluding hydrogens is 688 g/mol. The van der Waals surface area contributed by atoms with Gasteiger partial charge in [-0.05, 0) is 55.9 Å². The van der Waals surface area contributed by atoms with E-state index in [1.165, 1.54) is 30.6 Å². The molecule has 3 N–H and O–H groups in total. The monoisotopic (exact) mass is 713 g/mol. The molecule has 11 nitrogen and oxygen atoms in total. The number of carboxylic acid groups (broad SMARTS) is 1. The van der Waals surface area contributed by atoms with Crippen LogP contribution in [-0.2, 0) is 26.0 Å². The van der Waals surface area contributed by atoms with Gasteiger partial charge in [0.2, 0.25) is 15.9 Å². The number of likely N-dealkylation sites (tertiary alicyclic amines) is 1. The van der Waals surface area contributed by atoms with Crippen LogP contribution in [0, 0.1) is 5.92 Å². The number of aromatic nitrogens is 1. The van der Waals surface area contributed by atoms with Crippen LogP contribution in [0.15, 0.2) is 59.8 Å². The minimum absolute atomic E-state index is 0.0482. The molecule has 238 valence electrons. The normalized spacial score (nSPS) is 20.9. The van der Waals surface area contributed by atoms with Crippen LogP contribution in [-0.4, -0.2) is 83.8 Å². The van der Waals surface area contributed by atoms with E-state index in [4.69, 9.17) is 46.4 Å². The van der Waals surface area contributed by atoms with Crippen LogP contribution < -0.4 is 10.6 Å². The summed E-state index contributed by atoms with van der Waals surface area (Å²) in [5.74, 6) is -2.91. The summed E-state index contributed by atoms with van der Waals surface area (Å²) in [6, 6.07) is 7.54. The largest absolute Gasteiger partial charge is 0.480 e. The van der Waals surface area contributed by atoms with Crippen molar-refractivity contribution in [3.05, 3.63) is 86.1 Å². The fourth-order valence-electron chi connectivity index (χ4n) is 5.82. The summed E-state index contributed by atoms with van der Waals surface area (Å²) < 4.78 is 28.7. The Morgan fingerprint density at radius 3 is 2.24 bits per heavy atom. The Balaban J connectivity index is 1.33. The summed E-state index contributed by atoms with van der Waals surface area (Å²) in [4.78, 5) is 44.4. The number of aliphatic carboxylic acids is 1. The van der Waals surface area contributed by atoms with Gasteiger partial charge in [-0.15, -0.1) is 0 Å². The van der Waals surface area contributed by atoms with E-state index in [2.05, 4.69) is 15.6 Å². The molecule has 5 rings (SSSR count). The van der Waals surface area contributed by atoms with E-state index >= 15 is 0 Å². The zero-order valence-corrected chi connectivity index (χ0v) is 27.4. The van der Waals surface area contributed by atoms with E-state index < -0.39 is 39.9 Å². The molecule has 0 aliphatic carbocycles. The van der Waals surface area contributed by atoms with Gasteiger partial charge in [-0.3, -0.25) is 14.6 Å². The van der Waals surface area contributed by atoms with Gasteiger partial charge in [0.15, 0.2) is 0 Å². The Morgan fingerprint density at radius 2 is 1.64 bits per heavy atom. The molecule has 4 unspecified atom stereocenters. The molecule has 2 amide bonds. The van der Waals surface area contributed by atoms with Crippen molar-refractivity contribution in [3.8, 4) is 0 Å². The summed E-state index contributed by atoms with van der Waals surface area (Å²) in [7, 11) is -2.36. The third-order valence-corrected chi connectivity index (χ3v) is 10.9. The number of nitrogens with one attached hydrogen (secondary N) is 2. The lowest BCUT2D eigenvalue weighted by atomic mass is 9.95. The topological polar surface area (TPSA) is 149 Å². The number of fused-ring (bicyclic) bond motifs is 1. The summed E-state index contributed by atoms with van der Waals surface area (Å²) in [5.41, 5.74) is 1.000. The molecule has 0 spiro atoms. The molecule has 3 aromatic rings. The Hall–Kier alpha value is -2.97. The molecule has 3 heterocycles. The van der Waals surface area contributed by atoms with Crippen LogP contribution in [0.5, 0.6) is 0 Å². The minimum Gasteiger partial charge on any atom is -0.480 e. The number of carbonyl (C=O) groups is 3. The molecule has 2 aliphatic rings. The highest BCUT2D eigenvalue weighted by Gasteiger charge is 2.54. The first kappa shape index (κ1) is 33.4. The van der Waals surface area contributed by atoms with Crippen LogP contribution in [0.25, 0.3) is 0 Å². The predicted octanol–water partition coefficient (Wildman–Crippen LogP) is 4.45. The molecule has 2 fully saturated rings. The highest BCUT2D eigenvalue weighted by atomic mass is 35.5. The smallest absolute Gasteiger partial charge is 0.326 e. The number of pyridine rings is 1. The van der Waals surface area contributed by atoms with Crippen molar-refractivity contribution in [3.63, 3.8) is 0 Å². The zero-order chi connectivity index (χ0) is 32.6. The van der Waals surface area contributed by atoms with Crippen LogP contribution in [0.2, 0.25) is 20.1 Å². The minimum atomic E-state index is -4.22. The van der Waals surface area contributed by atoms with Crippen molar-refractivity contribution in [1.29, 1.82) is 0 Å². The lowest BCUT2D eigenvalue weighted by Crippen LogP contribution is -2.53. The number of rotatable bonds is 9. The lowest BCUT2D eigenvalue weighted by molar-refractivity contribution is -0.142. The van der Waals surface area contributed by atoms with Gasteiger partial charge in [-0.25, -0.2) is 13.2 Å². The summed E-state index contributed by atoms with van der Waals surface area (Å²) in [6.07, 6.45) is 3.05. The van der Waals surface area contributed by atoms with E-state index in [9.17, 15) is 27.9 Å². The molecule has 2 aliphatic heterocycles. The molecule has 0 saturated carbocycles. The standard InChI is InChI=1S/C29H27Cl4N5O6S/c1-37-7-6-20-24(37)14-38(45(43,44)19-10-16(30)9-17(31)11-19)26(20)28(40)36-23(29(41)42)8-15-2-4-18(5-3-15)35-27(39)25-21(32)12-34-13-22(25)33/h2-5,9-13,20,23-24,26H,6-8,14H2,1H3,(H,35,39)(H,36,40)(H,41,42). The maximum absolute atomic E-state index is 13.8. The molecule has 0 radical (unpaired) electrons. The number of nitrogens with zero attached hydrogens (tertiary/aromatic N) is 3. The van der Waals surface area contributed by atoms with Crippen LogP contribution in [0.1, 0.15) is 22.3 Å². The average molecular weight is 715 g/mol. The predicted molar refractivity (Wildman–Crippen MR) is 171 cm³/mol. The van der Waals surface area contributed by atoms with Gasteiger partial charge in [0.05, 0.1) is 20.5 Å². The van der Waals surface area contributed by atoms with Crippen molar-refractivity contribution in [2.45, 2.75) is 35.9 Å². The van der Waals surface area contributed by atoms with E-state index in [1.807, 2.05) is 11.9 Å². The first-order valence-electron chi connectivity index (χ1n) is 13.7. The van der Waals surface area contributed by atoms with Gasteiger partial charge in [0.25, 0.3) is 5.91 Å². The van der Waals surface area contributed by atoms with Crippen LogP contribution in [0.3, 0.4) is 0 Å². The molecular formula is C29H27Cl4N5O6S. The van der Waals surface area contributed by atoms with Gasteiger partial charge in [0.1, 0.15) is 12.1 Å². The fourth-order valence-corrected chi connectivity index (χ4v) is 8.73. The van der Waals surface area contributed by atoms with Crippen molar-refractivity contribution >= 4 is 79.9 Å². The van der Waals surface area contributed by atoms with E-state index in [-0.39, 0.29) is 55.5 Å². The second kappa shape index (κ2) is 13.4. The summed E-state index contributed by atoms with van der Waals surface area (Å²) in [6.45, 7) is 0.716. The quantitative estimate of drug-likeness (QED) is 0.295. The number of hydrogen-bond donors (Lipinski definition) is 3. The van der Waals surface area contributed by atoms with Gasteiger partial charge in [-0.1, -0.05) is 58.5 Å². The highest BCUT2D eigenvalue weighted by molar-refractivity contribution is 7.89. The number of sulfonamides is 1. The second-order valence-corrected chi connectivity index (χ2v) is 14.4. The molecule has 2 saturated heterocycles. The maximum Gasteiger partial charge on any atom is 0.326 e. The highest BCUT2D eigenvalue weighted by Crippen LogP contribution is 2.39. The number of carboxylic acids is 1. The SMILES string of the molecule is CN1CCC2C1CN(S(=O)(=O)c1cc(Cl)cc(Cl)c1)C2C(=O)NC(Cc1ccc(NC(=O)c2c(Cl)cncc2Cl)cc1)C(=O)O. The van der Waals surface area contributed by atoms with Gasteiger partial charge in [0, 0.05) is 53.1 Å². The van der Waals surface area contributed by atoms with Crippen molar-refractivity contribution in [2.75, 3.05) is 25.5 Å². The van der Waals surface area contributed by atoms with Crippen molar-refractivity contribution < 1.29 is 27.9 Å². The van der Waals surface area contributed by atoms with Gasteiger partial charge >= 0.3 is 5.97 Å². The Kier molecular flexibility index (Phi) is 9.95. The Bertz CT molecular complexity index is 1720. The van der Waals surface area contributed by atoms with Crippen LogP contribution >= 0.6 is 46.4 Å². The number of anilines is 1. The first-order chi connectivity index (χ1) is 21.3. The van der Waals surface area contributed by atoms with Crippen molar-refractivity contribution in [1.82, 2.24) is 19.5 Å². The summed E-state index contributed by atoms with van der Waals surface area (Å²) in [5, 5.41) is 15.7. The van der Waals surface area contributed by atoms with Crippen molar-refractivity contribution in [2.24, 2.45) is 5.92 Å². The second-order valence-electron chi connectivity index (χ2n) is 10.9.